The van der Waals surface area contributed by atoms with E-state index < -0.39 is 11.4 Å². The van der Waals surface area contributed by atoms with Crippen molar-refractivity contribution >= 4 is 46.5 Å². The first-order valence-corrected chi connectivity index (χ1v) is 11.4. The Hall–Kier alpha value is -2.37. The van der Waals surface area contributed by atoms with Crippen LogP contribution in [0.4, 0.5) is 5.69 Å². The van der Waals surface area contributed by atoms with Crippen LogP contribution in [0.1, 0.15) is 56.0 Å². The fourth-order valence-corrected chi connectivity index (χ4v) is 5.61. The van der Waals surface area contributed by atoms with Crippen molar-refractivity contribution in [3.05, 3.63) is 63.6 Å². The number of oxime groups is 1. The molecule has 2 aliphatic carbocycles. The largest absolute Gasteiger partial charge is 0.367 e. The predicted molar refractivity (Wildman–Crippen MR) is 127 cm³/mol. The van der Waals surface area contributed by atoms with Gasteiger partial charge in [0.15, 0.2) is 0 Å². The van der Waals surface area contributed by atoms with E-state index in [0.29, 0.717) is 22.2 Å². The highest BCUT2D eigenvalue weighted by molar-refractivity contribution is 6.33. The summed E-state index contributed by atoms with van der Waals surface area (Å²) in [6.45, 7) is 8.21. The van der Waals surface area contributed by atoms with Gasteiger partial charge in [-0.2, -0.15) is 0 Å². The zero-order chi connectivity index (χ0) is 23.3. The van der Waals surface area contributed by atoms with E-state index in [1.165, 1.54) is 0 Å². The molecule has 1 amide bonds. The number of rotatable bonds is 4. The Balaban J connectivity index is 1.60. The van der Waals surface area contributed by atoms with Gasteiger partial charge in [-0.25, -0.2) is 4.79 Å². The normalized spacial score (nSPS) is 26.9. The van der Waals surface area contributed by atoms with Crippen LogP contribution in [0.3, 0.4) is 0 Å². The van der Waals surface area contributed by atoms with Gasteiger partial charge in [0, 0.05) is 22.5 Å². The Labute approximate surface area is 198 Å². The highest BCUT2D eigenvalue weighted by atomic mass is 35.5. The zero-order valence-electron chi connectivity index (χ0n) is 18.6. The molecule has 1 N–H and O–H groups in total. The number of carbonyl (C=O) groups excluding carboxylic acids is 2. The van der Waals surface area contributed by atoms with Gasteiger partial charge >= 0.3 is 5.97 Å². The highest BCUT2D eigenvalue weighted by Crippen LogP contribution is 2.71. The number of hydrogen-bond donors (Lipinski definition) is 1. The molecule has 0 saturated heterocycles. The summed E-state index contributed by atoms with van der Waals surface area (Å²) in [5, 5.41) is 8.23. The molecule has 2 saturated carbocycles. The molecule has 0 radical (unpaired) electrons. The fourth-order valence-electron chi connectivity index (χ4n) is 5.22. The summed E-state index contributed by atoms with van der Waals surface area (Å²) in [6, 6.07) is 12.2. The number of fused-ring (bicyclic) bond motifs is 2. The number of anilines is 1. The quantitative estimate of drug-likeness (QED) is 0.398. The summed E-state index contributed by atoms with van der Waals surface area (Å²) >= 11 is 12.3. The molecule has 2 fully saturated rings. The third-order valence-electron chi connectivity index (χ3n) is 7.93. The summed E-state index contributed by atoms with van der Waals surface area (Å²) in [7, 11) is 0. The molecule has 4 rings (SSSR count). The van der Waals surface area contributed by atoms with Crippen LogP contribution in [0.25, 0.3) is 0 Å². The van der Waals surface area contributed by atoms with Crippen molar-refractivity contribution in [1.29, 1.82) is 0 Å². The van der Waals surface area contributed by atoms with Crippen LogP contribution in [-0.2, 0) is 9.63 Å². The van der Waals surface area contributed by atoms with Crippen molar-refractivity contribution in [2.45, 2.75) is 47.0 Å². The first-order valence-electron chi connectivity index (χ1n) is 10.6. The first kappa shape index (κ1) is 22.8. The van der Waals surface area contributed by atoms with E-state index >= 15 is 0 Å². The summed E-state index contributed by atoms with van der Waals surface area (Å²) < 4.78 is 0. The standard InChI is InChI=1S/C25H26Cl2N2O3/c1-15-9-10-16(13-19(15)27)28-22(31)25-12-11-24(4,23(25,2)3)20(14-25)29-32-21(30)17-7-5-6-8-18(17)26/h5-10,13H,11-12,14H2,1-4H3,(H,28,31). The van der Waals surface area contributed by atoms with Gasteiger partial charge in [-0.15, -0.1) is 0 Å². The fraction of sp³-hybridized carbons (Fsp3) is 0.400. The number of nitrogens with zero attached hydrogens (tertiary/aromatic N) is 1. The lowest BCUT2D eigenvalue weighted by Crippen LogP contribution is -2.43. The second-order valence-electron chi connectivity index (χ2n) is 9.53. The van der Waals surface area contributed by atoms with Crippen molar-refractivity contribution in [2.75, 3.05) is 5.32 Å². The average Bonchev–Trinajstić information content (AvgIpc) is 3.05. The Morgan fingerprint density at radius 3 is 2.44 bits per heavy atom. The van der Waals surface area contributed by atoms with Crippen LogP contribution in [0.15, 0.2) is 47.6 Å². The van der Waals surface area contributed by atoms with E-state index in [9.17, 15) is 9.59 Å². The molecular formula is C25H26Cl2N2O3. The third kappa shape index (κ3) is 3.34. The van der Waals surface area contributed by atoms with E-state index in [-0.39, 0.29) is 22.3 Å². The van der Waals surface area contributed by atoms with Crippen LogP contribution in [-0.4, -0.2) is 17.6 Å². The van der Waals surface area contributed by atoms with E-state index in [1.54, 1.807) is 30.3 Å². The monoisotopic (exact) mass is 472 g/mol. The van der Waals surface area contributed by atoms with Crippen LogP contribution < -0.4 is 5.32 Å². The third-order valence-corrected chi connectivity index (χ3v) is 8.67. The molecule has 2 aromatic carbocycles. The minimum atomic E-state index is -0.658. The van der Waals surface area contributed by atoms with Gasteiger partial charge in [0.25, 0.3) is 0 Å². The molecule has 2 unspecified atom stereocenters. The lowest BCUT2D eigenvalue weighted by atomic mass is 9.64. The van der Waals surface area contributed by atoms with Crippen molar-refractivity contribution in [3.63, 3.8) is 0 Å². The number of amides is 1. The number of halogens is 2. The molecule has 0 spiro atoms. The SMILES string of the molecule is Cc1ccc(NC(=O)C23CCC(C)(C(=NOC(=O)c4ccccc4Cl)C2)C3(C)C)cc1Cl. The maximum absolute atomic E-state index is 13.6. The van der Waals surface area contributed by atoms with E-state index in [1.807, 2.05) is 19.1 Å². The van der Waals surface area contributed by atoms with E-state index in [4.69, 9.17) is 28.0 Å². The summed E-state index contributed by atoms with van der Waals surface area (Å²) in [6.07, 6.45) is 1.95. The Morgan fingerprint density at radius 2 is 1.75 bits per heavy atom. The maximum Gasteiger partial charge on any atom is 0.367 e. The molecule has 2 aliphatic rings. The Bertz CT molecular complexity index is 1140. The minimum Gasteiger partial charge on any atom is -0.326 e. The molecule has 0 aromatic heterocycles. The molecule has 5 nitrogen and oxygen atoms in total. The van der Waals surface area contributed by atoms with Gasteiger partial charge in [0.2, 0.25) is 5.91 Å². The van der Waals surface area contributed by atoms with Crippen molar-refractivity contribution in [3.8, 4) is 0 Å². The van der Waals surface area contributed by atoms with Gasteiger partial charge in [-0.05, 0) is 55.0 Å². The van der Waals surface area contributed by atoms with Crippen molar-refractivity contribution in [2.24, 2.45) is 21.4 Å². The zero-order valence-corrected chi connectivity index (χ0v) is 20.1. The molecular weight excluding hydrogens is 447 g/mol. The lowest BCUT2D eigenvalue weighted by Gasteiger charge is -2.39. The average molecular weight is 473 g/mol. The maximum atomic E-state index is 13.6. The molecule has 0 heterocycles. The second-order valence-corrected chi connectivity index (χ2v) is 10.3. The molecule has 0 aliphatic heterocycles. The lowest BCUT2D eigenvalue weighted by molar-refractivity contribution is -0.130. The highest BCUT2D eigenvalue weighted by Gasteiger charge is 2.71. The van der Waals surface area contributed by atoms with Crippen LogP contribution in [0.2, 0.25) is 10.0 Å². The topological polar surface area (TPSA) is 67.8 Å². The summed E-state index contributed by atoms with van der Waals surface area (Å²) in [5.41, 5.74) is 1.20. The van der Waals surface area contributed by atoms with Gasteiger partial charge in [-0.3, -0.25) is 4.79 Å². The molecule has 2 atom stereocenters. The summed E-state index contributed by atoms with van der Waals surface area (Å²) in [4.78, 5) is 31.4. The van der Waals surface area contributed by atoms with Crippen molar-refractivity contribution in [1.82, 2.24) is 0 Å². The number of nitrogens with one attached hydrogen (secondary N) is 1. The van der Waals surface area contributed by atoms with Crippen LogP contribution >= 0.6 is 23.2 Å². The second kappa shape index (κ2) is 7.89. The first-order chi connectivity index (χ1) is 15.0. The van der Waals surface area contributed by atoms with Crippen molar-refractivity contribution < 1.29 is 14.4 Å². The van der Waals surface area contributed by atoms with Crippen LogP contribution in [0, 0.1) is 23.2 Å². The Morgan fingerprint density at radius 1 is 1.03 bits per heavy atom. The molecule has 2 bridgehead atoms. The molecule has 168 valence electrons. The smallest absolute Gasteiger partial charge is 0.326 e. The minimum absolute atomic E-state index is 0.0613. The van der Waals surface area contributed by atoms with Gasteiger partial charge in [0.05, 0.1) is 21.7 Å². The van der Waals surface area contributed by atoms with Gasteiger partial charge < -0.3 is 10.2 Å². The molecule has 7 heteroatoms. The van der Waals surface area contributed by atoms with E-state index in [0.717, 1.165) is 24.1 Å². The van der Waals surface area contributed by atoms with E-state index in [2.05, 4.69) is 31.2 Å². The molecule has 32 heavy (non-hydrogen) atoms. The molecule has 2 aromatic rings. The predicted octanol–water partition coefficient (Wildman–Crippen LogP) is 6.67. The number of carbonyl (C=O) groups is 2. The van der Waals surface area contributed by atoms with Crippen LogP contribution in [0.5, 0.6) is 0 Å². The number of aryl methyl sites for hydroxylation is 1. The number of hydrogen-bond acceptors (Lipinski definition) is 4. The number of benzene rings is 2. The van der Waals surface area contributed by atoms with Gasteiger partial charge in [-0.1, -0.05) is 67.3 Å². The van der Waals surface area contributed by atoms with Gasteiger partial charge in [0.1, 0.15) is 0 Å². The Kier molecular flexibility index (Phi) is 5.62. The summed E-state index contributed by atoms with van der Waals surface area (Å²) in [5.74, 6) is -0.672.